The average molecular weight is 342 g/mol. The number of hydrogen-bond acceptors (Lipinski definition) is 5. The molecule has 2 aromatic carbocycles. The molecule has 2 aromatic rings. The van der Waals surface area contributed by atoms with Gasteiger partial charge in [0, 0.05) is 11.3 Å². The van der Waals surface area contributed by atoms with E-state index in [9.17, 15) is 19.7 Å². The molecule has 1 unspecified atom stereocenters. The van der Waals surface area contributed by atoms with Gasteiger partial charge in [0.15, 0.2) is 0 Å². The van der Waals surface area contributed by atoms with Gasteiger partial charge in [-0.3, -0.25) is 14.9 Å². The van der Waals surface area contributed by atoms with Gasteiger partial charge >= 0.3 is 6.09 Å². The van der Waals surface area contributed by atoms with E-state index in [0.29, 0.717) is 0 Å². The lowest BCUT2D eigenvalue weighted by atomic mass is 10.0. The standard InChI is InChI=1S/C18H18N2O5/c21-17(12-20(23)24)16(11-14-7-3-1-4-8-14)19-18(22)25-13-15-9-5-2-6-10-15/h1-10,16H,11-13H2,(H,19,22). The van der Waals surface area contributed by atoms with Crippen LogP contribution in [0.1, 0.15) is 11.1 Å². The number of alkyl carbamates (subject to hydrolysis) is 1. The summed E-state index contributed by atoms with van der Waals surface area (Å²) in [5, 5.41) is 13.0. The van der Waals surface area contributed by atoms with E-state index in [1.54, 1.807) is 36.4 Å². The zero-order valence-corrected chi connectivity index (χ0v) is 13.5. The first-order chi connectivity index (χ1) is 12.0. The summed E-state index contributed by atoms with van der Waals surface area (Å²) in [6.07, 6.45) is -0.630. The third-order valence-corrected chi connectivity index (χ3v) is 3.46. The van der Waals surface area contributed by atoms with Crippen LogP contribution in [-0.4, -0.2) is 29.4 Å². The predicted octanol–water partition coefficient (Wildman–Crippen LogP) is 2.37. The molecule has 0 bridgehead atoms. The number of hydrogen-bond donors (Lipinski definition) is 1. The molecule has 7 heteroatoms. The molecule has 130 valence electrons. The van der Waals surface area contributed by atoms with Gasteiger partial charge in [-0.2, -0.15) is 0 Å². The first-order valence-electron chi connectivity index (χ1n) is 7.70. The highest BCUT2D eigenvalue weighted by Gasteiger charge is 2.25. The van der Waals surface area contributed by atoms with Crippen LogP contribution in [0.4, 0.5) is 4.79 Å². The van der Waals surface area contributed by atoms with Gasteiger partial charge in [0.2, 0.25) is 5.78 Å². The molecule has 0 aliphatic carbocycles. The second-order valence-electron chi connectivity index (χ2n) is 5.41. The second-order valence-corrected chi connectivity index (χ2v) is 5.41. The fraction of sp³-hybridized carbons (Fsp3) is 0.222. The molecule has 0 aliphatic heterocycles. The number of carbonyl (C=O) groups excluding carboxylic acids is 2. The zero-order chi connectivity index (χ0) is 18.1. The molecule has 0 heterocycles. The minimum atomic E-state index is -1.02. The van der Waals surface area contributed by atoms with Gasteiger partial charge in [0.05, 0.1) is 0 Å². The van der Waals surface area contributed by atoms with Crippen molar-refractivity contribution in [3.05, 3.63) is 81.9 Å². The minimum Gasteiger partial charge on any atom is -0.445 e. The van der Waals surface area contributed by atoms with Crippen molar-refractivity contribution in [2.75, 3.05) is 6.54 Å². The van der Waals surface area contributed by atoms with Gasteiger partial charge in [0.1, 0.15) is 12.6 Å². The van der Waals surface area contributed by atoms with Crippen molar-refractivity contribution < 1.29 is 19.2 Å². The van der Waals surface area contributed by atoms with Gasteiger partial charge in [-0.05, 0) is 11.1 Å². The summed E-state index contributed by atoms with van der Waals surface area (Å²) >= 11 is 0. The fourth-order valence-electron chi connectivity index (χ4n) is 2.24. The normalized spacial score (nSPS) is 11.4. The van der Waals surface area contributed by atoms with Gasteiger partial charge in [-0.15, -0.1) is 0 Å². The summed E-state index contributed by atoms with van der Waals surface area (Å²) in [4.78, 5) is 33.9. The van der Waals surface area contributed by atoms with Crippen molar-refractivity contribution >= 4 is 11.9 Å². The lowest BCUT2D eigenvalue weighted by Crippen LogP contribution is -2.44. The maximum atomic E-state index is 12.1. The molecule has 25 heavy (non-hydrogen) atoms. The quantitative estimate of drug-likeness (QED) is 0.586. The Hall–Kier alpha value is -3.22. The van der Waals surface area contributed by atoms with E-state index in [4.69, 9.17) is 4.74 Å². The smallest absolute Gasteiger partial charge is 0.408 e. The molecule has 1 amide bonds. The highest BCUT2D eigenvalue weighted by Crippen LogP contribution is 2.06. The summed E-state index contributed by atoms with van der Waals surface area (Å²) in [7, 11) is 0. The van der Waals surface area contributed by atoms with Crippen molar-refractivity contribution in [2.24, 2.45) is 0 Å². The SMILES string of the molecule is O=C(NC(Cc1ccccc1)C(=O)C[N+](=O)[O-])OCc1ccccc1. The van der Waals surface area contributed by atoms with Crippen LogP contribution in [0.3, 0.4) is 0 Å². The topological polar surface area (TPSA) is 98.5 Å². The highest BCUT2D eigenvalue weighted by molar-refractivity contribution is 5.88. The Kier molecular flexibility index (Phi) is 6.65. The molecule has 0 radical (unpaired) electrons. The number of rotatable bonds is 8. The molecule has 7 nitrogen and oxygen atoms in total. The second kappa shape index (κ2) is 9.17. The molecule has 0 aromatic heterocycles. The van der Waals surface area contributed by atoms with Crippen molar-refractivity contribution in [1.29, 1.82) is 0 Å². The monoisotopic (exact) mass is 342 g/mol. The maximum absolute atomic E-state index is 12.1. The Balaban J connectivity index is 1.97. The van der Waals surface area contributed by atoms with E-state index >= 15 is 0 Å². The molecular weight excluding hydrogens is 324 g/mol. The molecule has 0 spiro atoms. The average Bonchev–Trinajstić information content (AvgIpc) is 2.60. The lowest BCUT2D eigenvalue weighted by Gasteiger charge is -2.16. The number of nitrogens with one attached hydrogen (secondary N) is 1. The first kappa shape index (κ1) is 18.1. The first-order valence-corrected chi connectivity index (χ1v) is 7.70. The van der Waals surface area contributed by atoms with Gasteiger partial charge in [0.25, 0.3) is 6.54 Å². The van der Waals surface area contributed by atoms with Crippen molar-refractivity contribution in [3.8, 4) is 0 Å². The number of ketones is 1. The molecule has 2 rings (SSSR count). The van der Waals surface area contributed by atoms with E-state index in [1.165, 1.54) is 0 Å². The van der Waals surface area contributed by atoms with E-state index in [2.05, 4.69) is 5.32 Å². The Morgan fingerprint density at radius 3 is 2.12 bits per heavy atom. The van der Waals surface area contributed by atoms with Crippen molar-refractivity contribution in [2.45, 2.75) is 19.1 Å². The molecule has 0 aliphatic rings. The van der Waals surface area contributed by atoms with Crippen LogP contribution in [0.15, 0.2) is 60.7 Å². The van der Waals surface area contributed by atoms with E-state index < -0.39 is 29.4 Å². The van der Waals surface area contributed by atoms with Crippen molar-refractivity contribution in [3.63, 3.8) is 0 Å². The van der Waals surface area contributed by atoms with Crippen LogP contribution in [0, 0.1) is 10.1 Å². The fourth-order valence-corrected chi connectivity index (χ4v) is 2.24. The van der Waals surface area contributed by atoms with Crippen LogP contribution < -0.4 is 5.32 Å². The van der Waals surface area contributed by atoms with E-state index in [-0.39, 0.29) is 13.0 Å². The number of carbonyl (C=O) groups is 2. The number of benzene rings is 2. The van der Waals surface area contributed by atoms with Crippen molar-refractivity contribution in [1.82, 2.24) is 5.32 Å². The summed E-state index contributed by atoms with van der Waals surface area (Å²) in [6.45, 7) is -0.801. The molecule has 1 atom stereocenters. The summed E-state index contributed by atoms with van der Waals surface area (Å²) in [5.74, 6) is -0.675. The van der Waals surface area contributed by atoms with Crippen LogP contribution in [-0.2, 0) is 22.6 Å². The third kappa shape index (κ3) is 6.42. The Bertz CT molecular complexity index is 719. The lowest BCUT2D eigenvalue weighted by molar-refractivity contribution is -0.467. The van der Waals surface area contributed by atoms with Crippen LogP contribution in [0.2, 0.25) is 0 Å². The number of nitro groups is 1. The Morgan fingerprint density at radius 1 is 1.00 bits per heavy atom. The summed E-state index contributed by atoms with van der Waals surface area (Å²) < 4.78 is 5.08. The molecule has 0 fully saturated rings. The van der Waals surface area contributed by atoms with Gasteiger partial charge in [-0.1, -0.05) is 60.7 Å². The highest BCUT2D eigenvalue weighted by atomic mass is 16.6. The molecule has 0 saturated heterocycles. The minimum absolute atomic E-state index is 0.0498. The van der Waals surface area contributed by atoms with Gasteiger partial charge < -0.3 is 10.1 Å². The largest absolute Gasteiger partial charge is 0.445 e. The van der Waals surface area contributed by atoms with E-state index in [1.807, 2.05) is 24.3 Å². The summed E-state index contributed by atoms with van der Waals surface area (Å²) in [5.41, 5.74) is 1.58. The number of Topliss-reactive ketones (excluding diaryl/α,β-unsaturated/α-hetero) is 1. The third-order valence-electron chi connectivity index (χ3n) is 3.46. The molecular formula is C18H18N2O5. The Labute approximate surface area is 144 Å². The summed E-state index contributed by atoms with van der Waals surface area (Å²) in [6, 6.07) is 17.0. The van der Waals surface area contributed by atoms with Crippen LogP contribution >= 0.6 is 0 Å². The van der Waals surface area contributed by atoms with Crippen LogP contribution in [0.5, 0.6) is 0 Å². The van der Waals surface area contributed by atoms with E-state index in [0.717, 1.165) is 11.1 Å². The number of ether oxygens (including phenoxy) is 1. The molecule has 1 N–H and O–H groups in total. The predicted molar refractivity (Wildman–Crippen MR) is 90.6 cm³/mol. The number of amides is 1. The maximum Gasteiger partial charge on any atom is 0.408 e. The van der Waals surface area contributed by atoms with Crippen LogP contribution in [0.25, 0.3) is 0 Å². The zero-order valence-electron chi connectivity index (χ0n) is 13.5. The number of nitrogens with zero attached hydrogens (tertiary/aromatic N) is 1. The van der Waals surface area contributed by atoms with Gasteiger partial charge in [-0.25, -0.2) is 4.79 Å². The Morgan fingerprint density at radius 2 is 1.56 bits per heavy atom. The molecule has 0 saturated carbocycles.